The van der Waals surface area contributed by atoms with Crippen LogP contribution in [-0.2, 0) is 20.9 Å². The number of fused-ring (bicyclic) bond motifs is 1. The van der Waals surface area contributed by atoms with Crippen molar-refractivity contribution < 1.29 is 29.1 Å². The lowest BCUT2D eigenvalue weighted by Crippen LogP contribution is -2.52. The molecule has 4 rings (SSSR count). The van der Waals surface area contributed by atoms with Crippen LogP contribution in [0.25, 0.3) is 0 Å². The van der Waals surface area contributed by atoms with Gasteiger partial charge in [0.2, 0.25) is 11.8 Å². The number of hydrogen-bond donors (Lipinski definition) is 2. The molecule has 2 fully saturated rings. The van der Waals surface area contributed by atoms with Crippen LogP contribution in [0.1, 0.15) is 52.0 Å². The summed E-state index contributed by atoms with van der Waals surface area (Å²) in [4.78, 5) is 63.1. The number of carboxylic acid groups (broad SMARTS) is 1. The normalized spacial score (nSPS) is 21.0. The average Bonchev–Trinajstić information content (AvgIpc) is 3.43. The summed E-state index contributed by atoms with van der Waals surface area (Å²) in [6.45, 7) is 0.233. The van der Waals surface area contributed by atoms with E-state index in [1.165, 1.54) is 15.9 Å². The molecule has 2 N–H and O–H groups in total. The van der Waals surface area contributed by atoms with Gasteiger partial charge in [-0.1, -0.05) is 6.07 Å². The van der Waals surface area contributed by atoms with Crippen LogP contribution in [0.15, 0.2) is 18.2 Å². The smallest absolute Gasteiger partial charge is 0.323 e. The number of aliphatic carboxylic acids is 1. The van der Waals surface area contributed by atoms with Crippen LogP contribution in [0.5, 0.6) is 0 Å². The fourth-order valence-corrected chi connectivity index (χ4v) is 3.86. The number of nitrogens with one attached hydrogen (secondary N) is 1. The minimum absolute atomic E-state index is 0.172. The number of piperidine rings is 1. The highest BCUT2D eigenvalue weighted by Gasteiger charge is 2.39. The van der Waals surface area contributed by atoms with Gasteiger partial charge in [-0.2, -0.15) is 0 Å². The molecule has 0 radical (unpaired) electrons. The minimum Gasteiger partial charge on any atom is -0.480 e. The summed E-state index contributed by atoms with van der Waals surface area (Å²) in [6, 6.07) is 4.02. The van der Waals surface area contributed by atoms with Gasteiger partial charge in [0.15, 0.2) is 0 Å². The molecule has 1 atom stereocenters. The third kappa shape index (κ3) is 3.85. The van der Waals surface area contributed by atoms with Crippen LogP contribution in [0.3, 0.4) is 0 Å². The van der Waals surface area contributed by atoms with Gasteiger partial charge >= 0.3 is 5.97 Å². The Morgan fingerprint density at radius 3 is 2.59 bits per heavy atom. The standard InChI is InChI=1S/C20H21N3O6/c24-16-6-5-15(18(27)21-16)23-9-13-4-3-12(7-14(13)20(23)29)19(28)22(10-17(25)26)8-11-1-2-11/h3-4,7,11,15H,1-2,5-6,8-10H2,(H,25,26)(H,21,24,27). The van der Waals surface area contributed by atoms with Crippen molar-refractivity contribution in [2.24, 2.45) is 5.92 Å². The van der Waals surface area contributed by atoms with E-state index in [2.05, 4.69) is 5.32 Å². The Kier molecular flexibility index (Phi) is 4.81. The summed E-state index contributed by atoms with van der Waals surface area (Å²) < 4.78 is 0. The number of hydrogen-bond acceptors (Lipinski definition) is 5. The predicted octanol–water partition coefficient (Wildman–Crippen LogP) is 0.384. The largest absolute Gasteiger partial charge is 0.480 e. The number of carbonyl (C=O) groups is 5. The molecule has 1 saturated heterocycles. The summed E-state index contributed by atoms with van der Waals surface area (Å²) in [6.07, 6.45) is 2.40. The molecule has 9 heteroatoms. The van der Waals surface area contributed by atoms with E-state index in [1.807, 2.05) is 0 Å². The molecule has 0 aromatic heterocycles. The number of imide groups is 1. The molecule has 4 amide bonds. The molecule has 9 nitrogen and oxygen atoms in total. The van der Waals surface area contributed by atoms with Crippen molar-refractivity contribution in [2.75, 3.05) is 13.1 Å². The van der Waals surface area contributed by atoms with Gasteiger partial charge in [-0.25, -0.2) is 0 Å². The first kappa shape index (κ1) is 19.1. The maximum Gasteiger partial charge on any atom is 0.323 e. The Labute approximate surface area is 166 Å². The Balaban J connectivity index is 1.54. The van der Waals surface area contributed by atoms with Crippen LogP contribution in [0, 0.1) is 5.92 Å². The molecular weight excluding hydrogens is 378 g/mol. The number of nitrogens with zero attached hydrogens (tertiary/aromatic N) is 2. The summed E-state index contributed by atoms with van der Waals surface area (Å²) >= 11 is 0. The van der Waals surface area contributed by atoms with Crippen molar-refractivity contribution in [3.8, 4) is 0 Å². The number of rotatable bonds is 6. The molecule has 2 aliphatic heterocycles. The highest BCUT2D eigenvalue weighted by Crippen LogP contribution is 2.31. The zero-order valence-electron chi connectivity index (χ0n) is 15.7. The third-order valence-corrected chi connectivity index (χ3v) is 5.56. The lowest BCUT2D eigenvalue weighted by atomic mass is 10.0. The van der Waals surface area contributed by atoms with E-state index in [9.17, 15) is 24.0 Å². The van der Waals surface area contributed by atoms with Gasteiger partial charge in [0, 0.05) is 30.6 Å². The maximum atomic E-state index is 12.9. The van der Waals surface area contributed by atoms with E-state index >= 15 is 0 Å². The van der Waals surface area contributed by atoms with E-state index in [-0.39, 0.29) is 43.3 Å². The van der Waals surface area contributed by atoms with Gasteiger partial charge in [-0.15, -0.1) is 0 Å². The molecule has 1 unspecified atom stereocenters. The number of carbonyl (C=O) groups excluding carboxylic acids is 4. The van der Waals surface area contributed by atoms with Crippen molar-refractivity contribution in [1.29, 1.82) is 0 Å². The first-order valence-electron chi connectivity index (χ1n) is 9.62. The van der Waals surface area contributed by atoms with Crippen molar-refractivity contribution in [3.63, 3.8) is 0 Å². The van der Waals surface area contributed by atoms with Gasteiger partial charge < -0.3 is 14.9 Å². The first-order chi connectivity index (χ1) is 13.8. The topological polar surface area (TPSA) is 124 Å². The molecular formula is C20H21N3O6. The van der Waals surface area contributed by atoms with Gasteiger partial charge in [0.05, 0.1) is 0 Å². The van der Waals surface area contributed by atoms with Gasteiger partial charge in [-0.3, -0.25) is 29.3 Å². The molecule has 152 valence electrons. The van der Waals surface area contributed by atoms with E-state index in [0.717, 1.165) is 12.8 Å². The van der Waals surface area contributed by atoms with E-state index < -0.39 is 23.8 Å². The SMILES string of the molecule is O=C(O)CN(CC1CC1)C(=O)c1ccc2c(c1)C(=O)N(C1CCC(=O)NC1=O)C2. The second kappa shape index (κ2) is 7.31. The lowest BCUT2D eigenvalue weighted by molar-refractivity contribution is -0.138. The Morgan fingerprint density at radius 1 is 1.17 bits per heavy atom. The van der Waals surface area contributed by atoms with Crippen LogP contribution in [0.4, 0.5) is 0 Å². The molecule has 1 aliphatic carbocycles. The van der Waals surface area contributed by atoms with E-state index in [4.69, 9.17) is 5.11 Å². The summed E-state index contributed by atoms with van der Waals surface area (Å²) in [5, 5.41) is 11.4. The van der Waals surface area contributed by atoms with Gasteiger partial charge in [-0.05, 0) is 42.9 Å². The van der Waals surface area contributed by atoms with Crippen molar-refractivity contribution >= 4 is 29.6 Å². The van der Waals surface area contributed by atoms with Crippen LogP contribution < -0.4 is 5.32 Å². The summed E-state index contributed by atoms with van der Waals surface area (Å²) in [5.74, 6) is -2.38. The van der Waals surface area contributed by atoms with Crippen LogP contribution in [0.2, 0.25) is 0 Å². The Hall–Kier alpha value is -3.23. The fourth-order valence-electron chi connectivity index (χ4n) is 3.86. The number of amides is 4. The Bertz CT molecular complexity index is 923. The summed E-state index contributed by atoms with van der Waals surface area (Å²) in [5.41, 5.74) is 1.29. The zero-order chi connectivity index (χ0) is 20.7. The number of benzene rings is 1. The molecule has 1 aromatic carbocycles. The summed E-state index contributed by atoms with van der Waals surface area (Å²) in [7, 11) is 0. The molecule has 1 aromatic rings. The molecule has 29 heavy (non-hydrogen) atoms. The third-order valence-electron chi connectivity index (χ3n) is 5.56. The maximum absolute atomic E-state index is 12.9. The Morgan fingerprint density at radius 2 is 1.93 bits per heavy atom. The van der Waals surface area contributed by atoms with E-state index in [1.54, 1.807) is 12.1 Å². The monoisotopic (exact) mass is 399 g/mol. The molecule has 3 aliphatic rings. The number of carboxylic acids is 1. The van der Waals surface area contributed by atoms with Gasteiger partial charge in [0.25, 0.3) is 11.8 Å². The second-order valence-corrected chi connectivity index (χ2v) is 7.79. The lowest BCUT2D eigenvalue weighted by Gasteiger charge is -2.29. The average molecular weight is 399 g/mol. The van der Waals surface area contributed by atoms with Gasteiger partial charge in [0.1, 0.15) is 12.6 Å². The van der Waals surface area contributed by atoms with Crippen molar-refractivity contribution in [2.45, 2.75) is 38.3 Å². The molecule has 1 saturated carbocycles. The van der Waals surface area contributed by atoms with Crippen molar-refractivity contribution in [3.05, 3.63) is 34.9 Å². The van der Waals surface area contributed by atoms with E-state index in [0.29, 0.717) is 23.6 Å². The fraction of sp³-hybridized carbons (Fsp3) is 0.450. The first-order valence-corrected chi connectivity index (χ1v) is 9.62. The minimum atomic E-state index is -1.08. The second-order valence-electron chi connectivity index (χ2n) is 7.79. The van der Waals surface area contributed by atoms with Crippen LogP contribution in [-0.4, -0.2) is 63.6 Å². The quantitative estimate of drug-likeness (QED) is 0.667. The predicted molar refractivity (Wildman–Crippen MR) is 98.8 cm³/mol. The highest BCUT2D eigenvalue weighted by atomic mass is 16.4. The molecule has 0 bridgehead atoms. The van der Waals surface area contributed by atoms with Crippen molar-refractivity contribution in [1.82, 2.24) is 15.1 Å². The highest BCUT2D eigenvalue weighted by molar-refractivity contribution is 6.06. The molecule has 2 heterocycles. The zero-order valence-corrected chi connectivity index (χ0v) is 15.7. The molecule has 0 spiro atoms. The van der Waals surface area contributed by atoms with Crippen LogP contribution >= 0.6 is 0 Å².